The molecule has 2 heterocycles. The molecule has 0 aliphatic carbocycles. The molecule has 0 bridgehead atoms. The van der Waals surface area contributed by atoms with Crippen molar-refractivity contribution < 1.29 is 22.7 Å². The molecule has 0 saturated carbocycles. The van der Waals surface area contributed by atoms with Crippen LogP contribution >= 0.6 is 0 Å². The van der Waals surface area contributed by atoms with Crippen molar-refractivity contribution in [3.8, 4) is 5.75 Å². The number of methoxy groups -OCH3 is 1. The van der Waals surface area contributed by atoms with E-state index in [4.69, 9.17) is 4.74 Å². The van der Waals surface area contributed by atoms with Gasteiger partial charge in [-0.25, -0.2) is 13.2 Å². The number of sulfonamides is 1. The van der Waals surface area contributed by atoms with Gasteiger partial charge < -0.3 is 9.47 Å². The van der Waals surface area contributed by atoms with Crippen LogP contribution in [0.1, 0.15) is 23.2 Å². The Morgan fingerprint density at radius 3 is 2.27 bits per heavy atom. The molecule has 1 aliphatic rings. The molecular formula is C18H20N2O5S. The summed E-state index contributed by atoms with van der Waals surface area (Å²) in [4.78, 5) is 15.6. The molecule has 138 valence electrons. The molecule has 0 atom stereocenters. The van der Waals surface area contributed by atoms with Crippen LogP contribution in [0.4, 0.5) is 0 Å². The van der Waals surface area contributed by atoms with Gasteiger partial charge in [0, 0.05) is 25.5 Å². The molecule has 0 amide bonds. The third kappa shape index (κ3) is 4.03. The third-order valence-corrected chi connectivity index (χ3v) is 6.18. The van der Waals surface area contributed by atoms with Gasteiger partial charge in [0.25, 0.3) is 0 Å². The number of carbonyl (C=O) groups is 1. The van der Waals surface area contributed by atoms with Crippen LogP contribution in [-0.2, 0) is 14.8 Å². The average molecular weight is 376 g/mol. The Morgan fingerprint density at radius 2 is 1.69 bits per heavy atom. The van der Waals surface area contributed by atoms with E-state index in [-0.39, 0.29) is 11.0 Å². The van der Waals surface area contributed by atoms with Crippen molar-refractivity contribution in [1.29, 1.82) is 0 Å². The fourth-order valence-corrected chi connectivity index (χ4v) is 4.30. The highest BCUT2D eigenvalue weighted by Crippen LogP contribution is 2.23. The van der Waals surface area contributed by atoms with Crippen molar-refractivity contribution in [1.82, 2.24) is 9.29 Å². The maximum absolute atomic E-state index is 12.8. The van der Waals surface area contributed by atoms with Gasteiger partial charge >= 0.3 is 5.97 Å². The summed E-state index contributed by atoms with van der Waals surface area (Å²) in [6, 6.07) is 9.34. The predicted octanol–water partition coefficient (Wildman–Crippen LogP) is 2.10. The Morgan fingerprint density at radius 1 is 1.08 bits per heavy atom. The minimum absolute atomic E-state index is 0.0226. The lowest BCUT2D eigenvalue weighted by atomic mass is 10.1. The molecule has 1 aliphatic heterocycles. The molecule has 8 heteroatoms. The number of hydrogen-bond acceptors (Lipinski definition) is 6. The lowest BCUT2D eigenvalue weighted by Gasteiger charge is -2.31. The van der Waals surface area contributed by atoms with Crippen LogP contribution in [0.5, 0.6) is 5.75 Å². The van der Waals surface area contributed by atoms with Crippen LogP contribution in [0.2, 0.25) is 0 Å². The first-order valence-corrected chi connectivity index (χ1v) is 9.70. The second-order valence-electron chi connectivity index (χ2n) is 5.92. The summed E-state index contributed by atoms with van der Waals surface area (Å²) in [5.41, 5.74) is 0.316. The quantitative estimate of drug-likeness (QED) is 0.743. The minimum Gasteiger partial charge on any atom is -0.490 e. The van der Waals surface area contributed by atoms with E-state index in [1.807, 2.05) is 0 Å². The Hall–Kier alpha value is -2.45. The topological polar surface area (TPSA) is 85.8 Å². The highest BCUT2D eigenvalue weighted by atomic mass is 32.2. The third-order valence-electron chi connectivity index (χ3n) is 4.27. The van der Waals surface area contributed by atoms with Gasteiger partial charge in [-0.1, -0.05) is 0 Å². The average Bonchev–Trinajstić information content (AvgIpc) is 2.68. The summed E-state index contributed by atoms with van der Waals surface area (Å²) >= 11 is 0. The van der Waals surface area contributed by atoms with E-state index in [0.717, 1.165) is 5.75 Å². The van der Waals surface area contributed by atoms with Crippen molar-refractivity contribution in [2.24, 2.45) is 0 Å². The number of piperidine rings is 1. The monoisotopic (exact) mass is 376 g/mol. The number of esters is 1. The van der Waals surface area contributed by atoms with E-state index in [9.17, 15) is 13.2 Å². The molecule has 7 nitrogen and oxygen atoms in total. The van der Waals surface area contributed by atoms with Crippen LogP contribution in [0, 0.1) is 0 Å². The Labute approximate surface area is 152 Å². The van der Waals surface area contributed by atoms with Crippen LogP contribution in [-0.4, -0.2) is 50.0 Å². The second-order valence-corrected chi connectivity index (χ2v) is 7.86. The van der Waals surface area contributed by atoms with Crippen molar-refractivity contribution in [2.45, 2.75) is 23.8 Å². The van der Waals surface area contributed by atoms with Crippen molar-refractivity contribution in [3.63, 3.8) is 0 Å². The molecule has 2 aromatic rings. The molecule has 1 saturated heterocycles. The molecule has 0 spiro atoms. The van der Waals surface area contributed by atoms with Gasteiger partial charge in [0.15, 0.2) is 0 Å². The summed E-state index contributed by atoms with van der Waals surface area (Å²) in [6.07, 6.45) is 4.52. The van der Waals surface area contributed by atoms with E-state index in [1.54, 1.807) is 24.5 Å². The minimum atomic E-state index is -3.59. The number of nitrogens with zero attached hydrogens (tertiary/aromatic N) is 2. The van der Waals surface area contributed by atoms with Crippen LogP contribution in [0.3, 0.4) is 0 Å². The lowest BCUT2D eigenvalue weighted by molar-refractivity contribution is 0.0600. The van der Waals surface area contributed by atoms with Crippen LogP contribution in [0.15, 0.2) is 53.7 Å². The molecule has 0 radical (unpaired) electrons. The molecular weight excluding hydrogens is 356 g/mol. The van der Waals surface area contributed by atoms with Gasteiger partial charge in [-0.05, 0) is 49.2 Å². The SMILES string of the molecule is COC(=O)c1ccc(S(=O)(=O)N2CCC(Oc3ccncc3)CC2)cc1. The fraction of sp³-hybridized carbons (Fsp3) is 0.333. The van der Waals surface area contributed by atoms with E-state index >= 15 is 0 Å². The number of ether oxygens (including phenoxy) is 2. The summed E-state index contributed by atoms with van der Waals surface area (Å²) in [7, 11) is -2.31. The Bertz CT molecular complexity index is 845. The molecule has 26 heavy (non-hydrogen) atoms. The zero-order valence-electron chi connectivity index (χ0n) is 14.4. The normalized spacial score (nSPS) is 16.2. The molecule has 1 aromatic heterocycles. The molecule has 3 rings (SSSR count). The number of benzene rings is 1. The van der Waals surface area contributed by atoms with E-state index in [2.05, 4.69) is 9.72 Å². The van der Waals surface area contributed by atoms with Gasteiger partial charge in [-0.15, -0.1) is 0 Å². The number of rotatable bonds is 5. The van der Waals surface area contributed by atoms with Crippen LogP contribution < -0.4 is 4.74 Å². The summed E-state index contributed by atoms with van der Waals surface area (Å²) in [5, 5.41) is 0. The number of pyridine rings is 1. The fourth-order valence-electron chi connectivity index (χ4n) is 2.83. The van der Waals surface area contributed by atoms with Gasteiger partial charge in [0.05, 0.1) is 17.6 Å². The van der Waals surface area contributed by atoms with E-state index in [1.165, 1.54) is 35.7 Å². The van der Waals surface area contributed by atoms with E-state index < -0.39 is 16.0 Å². The summed E-state index contributed by atoms with van der Waals surface area (Å²) < 4.78 is 37.5. The first kappa shape index (κ1) is 18.3. The molecule has 0 N–H and O–H groups in total. The first-order chi connectivity index (χ1) is 12.5. The highest BCUT2D eigenvalue weighted by molar-refractivity contribution is 7.89. The second kappa shape index (κ2) is 7.84. The molecule has 1 aromatic carbocycles. The largest absolute Gasteiger partial charge is 0.490 e. The predicted molar refractivity (Wildman–Crippen MR) is 94.4 cm³/mol. The highest BCUT2D eigenvalue weighted by Gasteiger charge is 2.30. The summed E-state index contributed by atoms with van der Waals surface area (Å²) in [5.74, 6) is 0.239. The maximum Gasteiger partial charge on any atom is 0.337 e. The van der Waals surface area contributed by atoms with Crippen molar-refractivity contribution >= 4 is 16.0 Å². The number of hydrogen-bond donors (Lipinski definition) is 0. The number of aromatic nitrogens is 1. The zero-order valence-corrected chi connectivity index (χ0v) is 15.2. The van der Waals surface area contributed by atoms with Gasteiger partial charge in [0.1, 0.15) is 11.9 Å². The summed E-state index contributed by atoms with van der Waals surface area (Å²) in [6.45, 7) is 0.772. The smallest absolute Gasteiger partial charge is 0.337 e. The molecule has 1 fully saturated rings. The van der Waals surface area contributed by atoms with Gasteiger partial charge in [-0.2, -0.15) is 4.31 Å². The number of carbonyl (C=O) groups excluding carboxylic acids is 1. The standard InChI is InChI=1S/C18H20N2O5S/c1-24-18(21)14-2-4-17(5-3-14)26(22,23)20-12-8-16(9-13-20)25-15-6-10-19-11-7-15/h2-7,10-11,16H,8-9,12-13H2,1H3. The van der Waals surface area contributed by atoms with Gasteiger partial charge in [-0.3, -0.25) is 4.98 Å². The molecule has 0 unspecified atom stereocenters. The van der Waals surface area contributed by atoms with Gasteiger partial charge in [0.2, 0.25) is 10.0 Å². The van der Waals surface area contributed by atoms with Crippen molar-refractivity contribution in [3.05, 3.63) is 54.4 Å². The Balaban J connectivity index is 1.63. The van der Waals surface area contributed by atoms with E-state index in [0.29, 0.717) is 31.5 Å². The maximum atomic E-state index is 12.8. The lowest BCUT2D eigenvalue weighted by Crippen LogP contribution is -2.41. The zero-order chi connectivity index (χ0) is 18.6. The van der Waals surface area contributed by atoms with Crippen molar-refractivity contribution in [2.75, 3.05) is 20.2 Å². The first-order valence-electron chi connectivity index (χ1n) is 8.26. The Kier molecular flexibility index (Phi) is 5.53. The van der Waals surface area contributed by atoms with Crippen LogP contribution in [0.25, 0.3) is 0 Å².